The van der Waals surface area contributed by atoms with Crippen LogP contribution in [-0.2, 0) is 6.42 Å². The van der Waals surface area contributed by atoms with Crippen molar-refractivity contribution < 1.29 is 9.84 Å². The van der Waals surface area contributed by atoms with E-state index in [0.29, 0.717) is 19.4 Å². The summed E-state index contributed by atoms with van der Waals surface area (Å²) >= 11 is 0. The Morgan fingerprint density at radius 1 is 1.25 bits per heavy atom. The first-order chi connectivity index (χ1) is 7.88. The van der Waals surface area contributed by atoms with Crippen molar-refractivity contribution in [1.29, 1.82) is 5.26 Å². The van der Waals surface area contributed by atoms with Gasteiger partial charge in [-0.25, -0.2) is 0 Å². The van der Waals surface area contributed by atoms with E-state index in [1.165, 1.54) is 0 Å². The van der Waals surface area contributed by atoms with Crippen LogP contribution in [0, 0.1) is 11.3 Å². The summed E-state index contributed by atoms with van der Waals surface area (Å²) < 4.78 is 5.62. The summed E-state index contributed by atoms with van der Waals surface area (Å²) in [5, 5.41) is 17.3. The molecule has 86 valence electrons. The molecule has 0 aliphatic carbocycles. The van der Waals surface area contributed by atoms with Crippen molar-refractivity contribution in [3.05, 3.63) is 29.8 Å². The third-order valence-corrected chi connectivity index (χ3v) is 2.29. The Morgan fingerprint density at radius 3 is 2.81 bits per heavy atom. The molecule has 0 saturated heterocycles. The summed E-state index contributed by atoms with van der Waals surface area (Å²) in [7, 11) is 0. The van der Waals surface area contributed by atoms with Crippen molar-refractivity contribution >= 4 is 0 Å². The second kappa shape index (κ2) is 7.72. The normalized spacial score (nSPS) is 9.75. The van der Waals surface area contributed by atoms with Gasteiger partial charge in [0, 0.05) is 13.0 Å². The molecule has 1 rings (SSSR count). The smallest absolute Gasteiger partial charge is 0.122 e. The highest BCUT2D eigenvalue weighted by atomic mass is 16.5. The maximum atomic E-state index is 8.89. The molecular weight excluding hydrogens is 202 g/mol. The minimum atomic E-state index is 0.134. The zero-order chi connectivity index (χ0) is 11.6. The van der Waals surface area contributed by atoms with Gasteiger partial charge in [0.25, 0.3) is 0 Å². The fraction of sp³-hybridized carbons (Fsp3) is 0.462. The molecule has 1 aromatic rings. The summed E-state index contributed by atoms with van der Waals surface area (Å²) in [4.78, 5) is 0. The standard InChI is InChI=1S/C13H17NO2/c14-9-4-1-5-11-16-13-7-3-2-6-12(13)8-10-15/h2-3,6-7,15H,1,4-5,8,10-11H2. The molecule has 3 nitrogen and oxygen atoms in total. The van der Waals surface area contributed by atoms with Gasteiger partial charge in [0.2, 0.25) is 0 Å². The number of para-hydroxylation sites is 1. The number of unbranched alkanes of at least 4 members (excludes halogenated alkanes) is 2. The Bertz CT molecular complexity index is 344. The van der Waals surface area contributed by atoms with E-state index in [1.807, 2.05) is 24.3 Å². The quantitative estimate of drug-likeness (QED) is 0.716. The molecule has 0 amide bonds. The lowest BCUT2D eigenvalue weighted by Crippen LogP contribution is -2.01. The van der Waals surface area contributed by atoms with Crippen LogP contribution in [0.2, 0.25) is 0 Å². The van der Waals surface area contributed by atoms with Gasteiger partial charge < -0.3 is 9.84 Å². The van der Waals surface area contributed by atoms with Crippen LogP contribution in [0.5, 0.6) is 5.75 Å². The summed E-state index contributed by atoms with van der Waals surface area (Å²) in [6, 6.07) is 9.84. The van der Waals surface area contributed by atoms with Gasteiger partial charge in [0.1, 0.15) is 5.75 Å². The molecule has 0 heterocycles. The summed E-state index contributed by atoms with van der Waals surface area (Å²) in [5.74, 6) is 0.841. The van der Waals surface area contributed by atoms with Gasteiger partial charge in [-0.1, -0.05) is 18.2 Å². The number of rotatable bonds is 7. The van der Waals surface area contributed by atoms with Gasteiger partial charge in [-0.05, 0) is 30.9 Å². The first-order valence-corrected chi connectivity index (χ1v) is 5.57. The molecule has 0 aromatic heterocycles. The van der Waals surface area contributed by atoms with Crippen molar-refractivity contribution in [1.82, 2.24) is 0 Å². The number of nitrogens with zero attached hydrogens (tertiary/aromatic N) is 1. The number of hydrogen-bond acceptors (Lipinski definition) is 3. The molecule has 16 heavy (non-hydrogen) atoms. The lowest BCUT2D eigenvalue weighted by Gasteiger charge is -2.10. The maximum absolute atomic E-state index is 8.89. The lowest BCUT2D eigenvalue weighted by molar-refractivity contribution is 0.285. The Labute approximate surface area is 96.3 Å². The number of hydrogen-bond donors (Lipinski definition) is 1. The van der Waals surface area contributed by atoms with Crippen LogP contribution in [0.25, 0.3) is 0 Å². The largest absolute Gasteiger partial charge is 0.493 e. The third kappa shape index (κ3) is 4.33. The average Bonchev–Trinajstić information content (AvgIpc) is 2.31. The van der Waals surface area contributed by atoms with Crippen LogP contribution >= 0.6 is 0 Å². The molecule has 0 aliphatic rings. The predicted octanol–water partition coefficient (Wildman–Crippen LogP) is 2.29. The summed E-state index contributed by atoms with van der Waals surface area (Å²) in [5.41, 5.74) is 1.03. The number of nitriles is 1. The van der Waals surface area contributed by atoms with Crippen molar-refractivity contribution in [2.75, 3.05) is 13.2 Å². The molecule has 1 N–H and O–H groups in total. The summed E-state index contributed by atoms with van der Waals surface area (Å²) in [6.45, 7) is 0.763. The van der Waals surface area contributed by atoms with Crippen molar-refractivity contribution in [3.8, 4) is 11.8 Å². The molecule has 0 bridgehead atoms. The molecule has 0 spiro atoms. The van der Waals surface area contributed by atoms with E-state index < -0.39 is 0 Å². The second-order valence-electron chi connectivity index (χ2n) is 3.55. The molecular formula is C13H17NO2. The minimum Gasteiger partial charge on any atom is -0.493 e. The predicted molar refractivity (Wildman–Crippen MR) is 62.2 cm³/mol. The van der Waals surface area contributed by atoms with E-state index in [4.69, 9.17) is 15.1 Å². The second-order valence-corrected chi connectivity index (χ2v) is 3.55. The van der Waals surface area contributed by atoms with Crippen LogP contribution in [0.4, 0.5) is 0 Å². The van der Waals surface area contributed by atoms with Gasteiger partial charge in [-0.3, -0.25) is 0 Å². The highest BCUT2D eigenvalue weighted by Gasteiger charge is 2.01. The number of aliphatic hydroxyl groups excluding tert-OH is 1. The monoisotopic (exact) mass is 219 g/mol. The Balaban J connectivity index is 2.38. The number of aliphatic hydroxyl groups is 1. The zero-order valence-corrected chi connectivity index (χ0v) is 9.35. The molecule has 0 unspecified atom stereocenters. The van der Waals surface area contributed by atoms with Crippen molar-refractivity contribution in [2.24, 2.45) is 0 Å². The van der Waals surface area contributed by atoms with E-state index in [-0.39, 0.29) is 6.61 Å². The fourth-order valence-corrected chi connectivity index (χ4v) is 1.46. The average molecular weight is 219 g/mol. The van der Waals surface area contributed by atoms with Gasteiger partial charge in [0.15, 0.2) is 0 Å². The first-order valence-electron chi connectivity index (χ1n) is 5.57. The highest BCUT2D eigenvalue weighted by Crippen LogP contribution is 2.18. The van der Waals surface area contributed by atoms with Gasteiger partial charge in [-0.15, -0.1) is 0 Å². The third-order valence-electron chi connectivity index (χ3n) is 2.29. The zero-order valence-electron chi connectivity index (χ0n) is 9.35. The number of benzene rings is 1. The van der Waals surface area contributed by atoms with Crippen LogP contribution in [0.3, 0.4) is 0 Å². The topological polar surface area (TPSA) is 53.2 Å². The van der Waals surface area contributed by atoms with E-state index in [1.54, 1.807) is 0 Å². The van der Waals surface area contributed by atoms with Crippen LogP contribution in [0.15, 0.2) is 24.3 Å². The van der Waals surface area contributed by atoms with E-state index in [0.717, 1.165) is 24.2 Å². The molecule has 0 aliphatic heterocycles. The van der Waals surface area contributed by atoms with E-state index >= 15 is 0 Å². The molecule has 0 radical (unpaired) electrons. The first kappa shape index (κ1) is 12.5. The van der Waals surface area contributed by atoms with Gasteiger partial charge in [-0.2, -0.15) is 5.26 Å². The van der Waals surface area contributed by atoms with Crippen molar-refractivity contribution in [2.45, 2.75) is 25.7 Å². The molecule has 0 atom stereocenters. The van der Waals surface area contributed by atoms with E-state index in [9.17, 15) is 0 Å². The van der Waals surface area contributed by atoms with Crippen LogP contribution in [0.1, 0.15) is 24.8 Å². The Hall–Kier alpha value is -1.53. The van der Waals surface area contributed by atoms with E-state index in [2.05, 4.69) is 6.07 Å². The Morgan fingerprint density at radius 2 is 2.06 bits per heavy atom. The van der Waals surface area contributed by atoms with Crippen LogP contribution < -0.4 is 4.74 Å². The minimum absolute atomic E-state index is 0.134. The SMILES string of the molecule is N#CCCCCOc1ccccc1CCO. The fourth-order valence-electron chi connectivity index (χ4n) is 1.46. The van der Waals surface area contributed by atoms with Crippen LogP contribution in [-0.4, -0.2) is 18.3 Å². The highest BCUT2D eigenvalue weighted by molar-refractivity contribution is 5.33. The Kier molecular flexibility index (Phi) is 6.05. The molecule has 0 saturated carbocycles. The molecule has 0 fully saturated rings. The number of ether oxygens (including phenoxy) is 1. The summed E-state index contributed by atoms with van der Waals surface area (Å²) in [6.07, 6.45) is 2.97. The van der Waals surface area contributed by atoms with Gasteiger partial charge >= 0.3 is 0 Å². The molecule has 1 aromatic carbocycles. The maximum Gasteiger partial charge on any atom is 0.122 e. The van der Waals surface area contributed by atoms with Crippen molar-refractivity contribution in [3.63, 3.8) is 0 Å². The molecule has 3 heteroatoms. The van der Waals surface area contributed by atoms with Gasteiger partial charge in [0.05, 0.1) is 12.7 Å². The lowest BCUT2D eigenvalue weighted by atomic mass is 10.1.